The molecule has 1 aliphatic carbocycles. The Morgan fingerprint density at radius 3 is 2.44 bits per heavy atom. The fourth-order valence-corrected chi connectivity index (χ4v) is 3.17. The fourth-order valence-electron chi connectivity index (χ4n) is 2.87. The summed E-state index contributed by atoms with van der Waals surface area (Å²) in [5.74, 6) is -0.530. The Labute approximate surface area is 157 Å². The molecule has 25 heavy (non-hydrogen) atoms. The first-order valence-corrected chi connectivity index (χ1v) is 8.75. The number of carbonyl (C=O) groups excluding carboxylic acids is 2. The highest BCUT2D eigenvalue weighted by molar-refractivity contribution is 6.42. The van der Waals surface area contributed by atoms with Crippen LogP contribution in [-0.2, 0) is 9.59 Å². The van der Waals surface area contributed by atoms with Gasteiger partial charge in [0.1, 0.15) is 5.54 Å². The van der Waals surface area contributed by atoms with Crippen LogP contribution in [-0.4, -0.2) is 42.4 Å². The van der Waals surface area contributed by atoms with Crippen LogP contribution in [0.25, 0.3) is 0 Å². The van der Waals surface area contributed by atoms with Crippen molar-refractivity contribution in [1.82, 2.24) is 10.2 Å². The summed E-state index contributed by atoms with van der Waals surface area (Å²) in [4.78, 5) is 25.8. The number of hydrogen-bond acceptors (Lipinski definition) is 4. The first-order valence-electron chi connectivity index (χ1n) is 7.99. The minimum absolute atomic E-state index is 0.0349. The summed E-state index contributed by atoms with van der Waals surface area (Å²) in [6, 6.07) is 7.02. The number of halogens is 2. The summed E-state index contributed by atoms with van der Waals surface area (Å²) >= 11 is 11.7. The van der Waals surface area contributed by atoms with Gasteiger partial charge >= 0.3 is 0 Å². The second-order valence-corrected chi connectivity index (χ2v) is 7.11. The number of anilines is 1. The number of nitrogens with one attached hydrogen (secondary N) is 2. The Kier molecular flexibility index (Phi) is 6.65. The molecule has 8 heteroatoms. The van der Waals surface area contributed by atoms with Gasteiger partial charge in [0, 0.05) is 5.69 Å². The molecule has 2 N–H and O–H groups in total. The second-order valence-electron chi connectivity index (χ2n) is 6.30. The Hall–Kier alpha value is -1.81. The predicted octanol–water partition coefficient (Wildman–Crippen LogP) is 2.82. The van der Waals surface area contributed by atoms with Gasteiger partial charge in [0.2, 0.25) is 11.8 Å². The number of carbonyl (C=O) groups is 2. The van der Waals surface area contributed by atoms with Crippen molar-refractivity contribution < 1.29 is 9.59 Å². The van der Waals surface area contributed by atoms with Crippen LogP contribution in [0, 0.1) is 11.3 Å². The van der Waals surface area contributed by atoms with Crippen LogP contribution in [0.1, 0.15) is 25.7 Å². The van der Waals surface area contributed by atoms with E-state index in [0.717, 1.165) is 12.8 Å². The molecule has 134 valence electrons. The minimum atomic E-state index is -0.750. The van der Waals surface area contributed by atoms with Crippen molar-refractivity contribution in [2.24, 2.45) is 0 Å². The van der Waals surface area contributed by atoms with Gasteiger partial charge < -0.3 is 10.6 Å². The van der Waals surface area contributed by atoms with Crippen LogP contribution >= 0.6 is 23.2 Å². The van der Waals surface area contributed by atoms with E-state index >= 15 is 0 Å². The molecule has 2 rings (SSSR count). The number of likely N-dealkylation sites (N-methyl/N-ethyl adjacent to an activating group) is 1. The topological polar surface area (TPSA) is 85.2 Å². The van der Waals surface area contributed by atoms with Crippen molar-refractivity contribution in [3.8, 4) is 6.07 Å². The van der Waals surface area contributed by atoms with E-state index in [-0.39, 0.29) is 24.9 Å². The molecule has 0 atom stereocenters. The van der Waals surface area contributed by atoms with E-state index in [4.69, 9.17) is 23.2 Å². The summed E-state index contributed by atoms with van der Waals surface area (Å²) < 4.78 is 0. The normalized spacial score (nSPS) is 15.6. The van der Waals surface area contributed by atoms with Crippen molar-refractivity contribution in [2.75, 3.05) is 25.5 Å². The van der Waals surface area contributed by atoms with Crippen LogP contribution < -0.4 is 10.6 Å². The monoisotopic (exact) mass is 382 g/mol. The summed E-state index contributed by atoms with van der Waals surface area (Å²) in [5.41, 5.74) is -0.216. The molecule has 1 aliphatic rings. The van der Waals surface area contributed by atoms with E-state index in [1.54, 1.807) is 30.1 Å². The van der Waals surface area contributed by atoms with Gasteiger partial charge in [0.25, 0.3) is 0 Å². The third kappa shape index (κ3) is 5.60. The molecule has 0 aromatic heterocycles. The van der Waals surface area contributed by atoms with E-state index in [9.17, 15) is 14.9 Å². The van der Waals surface area contributed by atoms with Crippen molar-refractivity contribution in [3.05, 3.63) is 28.2 Å². The van der Waals surface area contributed by atoms with Gasteiger partial charge in [-0.3, -0.25) is 14.5 Å². The van der Waals surface area contributed by atoms with E-state index in [1.165, 1.54) is 0 Å². The quantitative estimate of drug-likeness (QED) is 0.791. The van der Waals surface area contributed by atoms with Crippen LogP contribution in [0.5, 0.6) is 0 Å². The van der Waals surface area contributed by atoms with Gasteiger partial charge in [-0.25, -0.2) is 0 Å². The SMILES string of the molecule is CN(CC(=O)Nc1ccc(Cl)c(Cl)c1)CC(=O)NC1(C#N)CCCC1. The maximum Gasteiger partial charge on any atom is 0.238 e. The highest BCUT2D eigenvalue weighted by atomic mass is 35.5. The number of rotatable bonds is 6. The van der Waals surface area contributed by atoms with Crippen molar-refractivity contribution in [2.45, 2.75) is 31.2 Å². The molecular weight excluding hydrogens is 363 g/mol. The Morgan fingerprint density at radius 1 is 1.20 bits per heavy atom. The molecular formula is C17H20Cl2N4O2. The van der Waals surface area contributed by atoms with Crippen molar-refractivity contribution >= 4 is 40.7 Å². The minimum Gasteiger partial charge on any atom is -0.337 e. The zero-order valence-corrected chi connectivity index (χ0v) is 15.5. The van der Waals surface area contributed by atoms with E-state index in [0.29, 0.717) is 28.6 Å². The lowest BCUT2D eigenvalue weighted by Crippen LogP contribution is -2.49. The molecule has 1 aromatic carbocycles. The van der Waals surface area contributed by atoms with Crippen LogP contribution in [0.2, 0.25) is 10.0 Å². The van der Waals surface area contributed by atoms with E-state index in [1.807, 2.05) is 0 Å². The average molecular weight is 383 g/mol. The molecule has 2 amide bonds. The molecule has 0 aliphatic heterocycles. The molecule has 0 saturated heterocycles. The van der Waals surface area contributed by atoms with Gasteiger partial charge in [-0.15, -0.1) is 0 Å². The molecule has 1 aromatic rings. The molecule has 0 unspecified atom stereocenters. The molecule has 0 spiro atoms. The predicted molar refractivity (Wildman–Crippen MR) is 97.5 cm³/mol. The summed E-state index contributed by atoms with van der Waals surface area (Å²) in [6.07, 6.45) is 3.24. The number of hydrogen-bond donors (Lipinski definition) is 2. The van der Waals surface area contributed by atoms with Gasteiger partial charge in [-0.05, 0) is 50.9 Å². The maximum atomic E-state index is 12.1. The Bertz CT molecular complexity index is 696. The van der Waals surface area contributed by atoms with Crippen molar-refractivity contribution in [3.63, 3.8) is 0 Å². The second kappa shape index (κ2) is 8.52. The molecule has 1 fully saturated rings. The fraction of sp³-hybridized carbons (Fsp3) is 0.471. The van der Waals surface area contributed by atoms with Crippen molar-refractivity contribution in [1.29, 1.82) is 5.26 Å². The molecule has 1 saturated carbocycles. The zero-order valence-electron chi connectivity index (χ0n) is 13.9. The highest BCUT2D eigenvalue weighted by Crippen LogP contribution is 2.28. The number of nitrogens with zero attached hydrogens (tertiary/aromatic N) is 2. The smallest absolute Gasteiger partial charge is 0.238 e. The Morgan fingerprint density at radius 2 is 1.84 bits per heavy atom. The summed E-state index contributed by atoms with van der Waals surface area (Å²) in [6.45, 7) is 0.0748. The van der Waals surface area contributed by atoms with Gasteiger partial charge in [0.05, 0.1) is 29.2 Å². The van der Waals surface area contributed by atoms with Crippen LogP contribution in [0.3, 0.4) is 0 Å². The van der Waals surface area contributed by atoms with E-state index < -0.39 is 5.54 Å². The largest absolute Gasteiger partial charge is 0.337 e. The van der Waals surface area contributed by atoms with Crippen LogP contribution in [0.15, 0.2) is 18.2 Å². The molecule has 0 bridgehead atoms. The summed E-state index contributed by atoms with van der Waals surface area (Å²) in [5, 5.41) is 15.6. The van der Waals surface area contributed by atoms with Gasteiger partial charge in [-0.1, -0.05) is 23.2 Å². The lowest BCUT2D eigenvalue weighted by atomic mass is 10.00. The number of amides is 2. The van der Waals surface area contributed by atoms with E-state index in [2.05, 4.69) is 16.7 Å². The lowest BCUT2D eigenvalue weighted by Gasteiger charge is -2.24. The lowest BCUT2D eigenvalue weighted by molar-refractivity contribution is -0.124. The summed E-state index contributed by atoms with van der Waals surface area (Å²) in [7, 11) is 1.67. The highest BCUT2D eigenvalue weighted by Gasteiger charge is 2.35. The third-order valence-electron chi connectivity index (χ3n) is 4.08. The molecule has 0 heterocycles. The Balaban J connectivity index is 1.81. The first-order chi connectivity index (χ1) is 11.8. The van der Waals surface area contributed by atoms with Gasteiger partial charge in [0.15, 0.2) is 0 Å². The number of nitriles is 1. The van der Waals surface area contributed by atoms with Gasteiger partial charge in [-0.2, -0.15) is 5.26 Å². The standard InChI is InChI=1S/C17H20Cl2N4O2/c1-23(10-16(25)22-17(11-20)6-2-3-7-17)9-15(24)21-12-4-5-13(18)14(19)8-12/h4-5,8H,2-3,6-7,9-10H2,1H3,(H,21,24)(H,22,25). The first kappa shape index (κ1) is 19.5. The molecule has 0 radical (unpaired) electrons. The average Bonchev–Trinajstić information content (AvgIpc) is 2.99. The maximum absolute atomic E-state index is 12.1. The number of benzene rings is 1. The van der Waals surface area contributed by atoms with Crippen LogP contribution in [0.4, 0.5) is 5.69 Å². The zero-order chi connectivity index (χ0) is 18.4. The molecule has 6 nitrogen and oxygen atoms in total. The third-order valence-corrected chi connectivity index (χ3v) is 4.82.